The number of hydrogen-bond acceptors (Lipinski definition) is 7. The standard InChI is InChI=1S/C23H31N7O/c1-3-6-16(2)26-21-20-19(27-23(24)28-21)13-25-30(22(20)31)15-18-9-7-17(8-10-18)14-29-11-4-5-12-29/h7-10,13,16H,3-6,11-12,14-15H2,1-2H3,(H3,24,26,27,28). The van der Waals surface area contributed by atoms with Crippen LogP contribution in [0.5, 0.6) is 0 Å². The largest absolute Gasteiger partial charge is 0.368 e. The molecule has 1 aliphatic heterocycles. The Morgan fingerprint density at radius 1 is 1.10 bits per heavy atom. The molecule has 0 saturated carbocycles. The Balaban J connectivity index is 1.58. The highest BCUT2D eigenvalue weighted by molar-refractivity contribution is 5.88. The molecular weight excluding hydrogens is 390 g/mol. The predicted molar refractivity (Wildman–Crippen MR) is 124 cm³/mol. The fourth-order valence-corrected chi connectivity index (χ4v) is 4.18. The number of nitrogen functional groups attached to an aromatic ring is 1. The summed E-state index contributed by atoms with van der Waals surface area (Å²) in [6.45, 7) is 7.93. The van der Waals surface area contributed by atoms with Gasteiger partial charge in [-0.1, -0.05) is 37.6 Å². The van der Waals surface area contributed by atoms with Gasteiger partial charge in [-0.15, -0.1) is 0 Å². The highest BCUT2D eigenvalue weighted by Gasteiger charge is 2.15. The number of aromatic nitrogens is 4. The van der Waals surface area contributed by atoms with Crippen molar-refractivity contribution in [1.82, 2.24) is 24.6 Å². The second-order valence-corrected chi connectivity index (χ2v) is 8.43. The van der Waals surface area contributed by atoms with Gasteiger partial charge in [0.15, 0.2) is 0 Å². The molecule has 8 heteroatoms. The molecule has 0 spiro atoms. The van der Waals surface area contributed by atoms with Gasteiger partial charge < -0.3 is 11.1 Å². The number of fused-ring (bicyclic) bond motifs is 1. The third kappa shape index (κ3) is 5.02. The first-order valence-electron chi connectivity index (χ1n) is 11.1. The quantitative estimate of drug-likeness (QED) is 0.576. The molecule has 3 aromatic rings. The molecule has 0 radical (unpaired) electrons. The summed E-state index contributed by atoms with van der Waals surface area (Å²) in [6, 6.07) is 8.61. The van der Waals surface area contributed by atoms with Crippen LogP contribution in [0.4, 0.5) is 11.8 Å². The summed E-state index contributed by atoms with van der Waals surface area (Å²) < 4.78 is 1.47. The highest BCUT2D eigenvalue weighted by atomic mass is 16.1. The lowest BCUT2D eigenvalue weighted by Crippen LogP contribution is -2.26. The number of nitrogens with two attached hydrogens (primary N) is 1. The Hall–Kier alpha value is -3.00. The van der Waals surface area contributed by atoms with Crippen molar-refractivity contribution in [3.8, 4) is 0 Å². The van der Waals surface area contributed by atoms with Gasteiger partial charge in [0.25, 0.3) is 5.56 Å². The molecule has 1 fully saturated rings. The molecule has 4 rings (SSSR count). The molecule has 164 valence electrons. The van der Waals surface area contributed by atoms with Crippen LogP contribution in [-0.2, 0) is 13.1 Å². The molecule has 2 aromatic heterocycles. The van der Waals surface area contributed by atoms with E-state index in [-0.39, 0.29) is 17.5 Å². The summed E-state index contributed by atoms with van der Waals surface area (Å²) in [5.74, 6) is 0.608. The van der Waals surface area contributed by atoms with Gasteiger partial charge in [-0.05, 0) is 50.4 Å². The van der Waals surface area contributed by atoms with Gasteiger partial charge in [0.1, 0.15) is 16.7 Å². The van der Waals surface area contributed by atoms with Gasteiger partial charge >= 0.3 is 0 Å². The average molecular weight is 422 g/mol. The van der Waals surface area contributed by atoms with E-state index in [9.17, 15) is 4.79 Å². The van der Waals surface area contributed by atoms with Crippen molar-refractivity contribution in [2.45, 2.75) is 58.7 Å². The first kappa shape index (κ1) is 21.2. The Bertz CT molecular complexity index is 1090. The van der Waals surface area contributed by atoms with Crippen LogP contribution >= 0.6 is 0 Å². The van der Waals surface area contributed by atoms with Crippen LogP contribution in [0.2, 0.25) is 0 Å². The van der Waals surface area contributed by atoms with E-state index in [2.05, 4.69) is 63.4 Å². The van der Waals surface area contributed by atoms with Gasteiger partial charge in [-0.25, -0.2) is 9.67 Å². The van der Waals surface area contributed by atoms with E-state index in [1.165, 1.54) is 36.2 Å². The predicted octanol–water partition coefficient (Wildman–Crippen LogP) is 3.01. The Morgan fingerprint density at radius 2 is 1.77 bits per heavy atom. The van der Waals surface area contributed by atoms with Crippen LogP contribution < -0.4 is 16.6 Å². The highest BCUT2D eigenvalue weighted by Crippen LogP contribution is 2.19. The molecule has 1 unspecified atom stereocenters. The summed E-state index contributed by atoms with van der Waals surface area (Å²) in [4.78, 5) is 24.2. The zero-order valence-corrected chi connectivity index (χ0v) is 18.3. The molecule has 0 amide bonds. The van der Waals surface area contributed by atoms with Crippen molar-refractivity contribution < 1.29 is 0 Å². The number of likely N-dealkylation sites (tertiary alicyclic amines) is 1. The van der Waals surface area contributed by atoms with Crippen molar-refractivity contribution >= 4 is 22.7 Å². The maximum absolute atomic E-state index is 13.2. The van der Waals surface area contributed by atoms with E-state index in [1.807, 2.05) is 0 Å². The van der Waals surface area contributed by atoms with Crippen molar-refractivity contribution in [2.75, 3.05) is 24.1 Å². The Morgan fingerprint density at radius 3 is 2.45 bits per heavy atom. The van der Waals surface area contributed by atoms with E-state index in [1.54, 1.807) is 6.20 Å². The summed E-state index contributed by atoms with van der Waals surface area (Å²) >= 11 is 0. The fourth-order valence-electron chi connectivity index (χ4n) is 4.18. The lowest BCUT2D eigenvalue weighted by atomic mass is 10.1. The lowest BCUT2D eigenvalue weighted by molar-refractivity contribution is 0.331. The maximum Gasteiger partial charge on any atom is 0.280 e. The molecule has 3 heterocycles. The molecule has 1 saturated heterocycles. The summed E-state index contributed by atoms with van der Waals surface area (Å²) in [6.07, 6.45) is 6.17. The second kappa shape index (κ2) is 9.43. The monoisotopic (exact) mass is 421 g/mol. The SMILES string of the molecule is CCCC(C)Nc1nc(N)nc2cnn(Cc3ccc(CN4CCCC4)cc3)c(=O)c12. The van der Waals surface area contributed by atoms with Crippen LogP contribution in [-0.4, -0.2) is 43.8 Å². The van der Waals surface area contributed by atoms with Crippen molar-refractivity contribution in [2.24, 2.45) is 0 Å². The van der Waals surface area contributed by atoms with E-state index in [4.69, 9.17) is 5.73 Å². The zero-order chi connectivity index (χ0) is 21.8. The first-order chi connectivity index (χ1) is 15.0. The summed E-state index contributed by atoms with van der Waals surface area (Å²) in [5, 5.41) is 8.08. The Labute approximate surface area is 182 Å². The third-order valence-electron chi connectivity index (χ3n) is 5.79. The summed E-state index contributed by atoms with van der Waals surface area (Å²) in [7, 11) is 0. The number of anilines is 2. The smallest absolute Gasteiger partial charge is 0.280 e. The number of rotatable bonds is 8. The molecule has 1 aromatic carbocycles. The van der Waals surface area contributed by atoms with Crippen LogP contribution in [0.1, 0.15) is 50.7 Å². The minimum Gasteiger partial charge on any atom is -0.368 e. The second-order valence-electron chi connectivity index (χ2n) is 8.43. The molecule has 0 bridgehead atoms. The number of benzene rings is 1. The molecule has 0 aliphatic carbocycles. The maximum atomic E-state index is 13.2. The number of nitrogens with one attached hydrogen (secondary N) is 1. The number of hydrogen-bond donors (Lipinski definition) is 2. The molecule has 8 nitrogen and oxygen atoms in total. The molecule has 31 heavy (non-hydrogen) atoms. The average Bonchev–Trinajstić information content (AvgIpc) is 3.24. The van der Waals surface area contributed by atoms with Gasteiger partial charge in [-0.3, -0.25) is 9.69 Å². The van der Waals surface area contributed by atoms with E-state index < -0.39 is 0 Å². The topological polar surface area (TPSA) is 102 Å². The van der Waals surface area contributed by atoms with Gasteiger partial charge in [0.2, 0.25) is 5.95 Å². The minimum absolute atomic E-state index is 0.131. The normalized spacial score (nSPS) is 15.4. The van der Waals surface area contributed by atoms with Gasteiger partial charge in [-0.2, -0.15) is 10.1 Å². The van der Waals surface area contributed by atoms with Crippen LogP contribution in [0.3, 0.4) is 0 Å². The van der Waals surface area contributed by atoms with Gasteiger partial charge in [0, 0.05) is 12.6 Å². The molecule has 3 N–H and O–H groups in total. The zero-order valence-electron chi connectivity index (χ0n) is 18.3. The van der Waals surface area contributed by atoms with Crippen LogP contribution in [0, 0.1) is 0 Å². The van der Waals surface area contributed by atoms with E-state index in [0.717, 1.165) is 24.9 Å². The molecule has 1 atom stereocenters. The van der Waals surface area contributed by atoms with Crippen molar-refractivity contribution in [3.05, 3.63) is 51.9 Å². The van der Waals surface area contributed by atoms with Gasteiger partial charge in [0.05, 0.1) is 12.7 Å². The minimum atomic E-state index is -0.218. The Kier molecular flexibility index (Phi) is 6.46. The lowest BCUT2D eigenvalue weighted by Gasteiger charge is -2.16. The molecule has 1 aliphatic rings. The number of nitrogens with zero attached hydrogens (tertiary/aromatic N) is 5. The third-order valence-corrected chi connectivity index (χ3v) is 5.79. The van der Waals surface area contributed by atoms with Crippen molar-refractivity contribution in [3.63, 3.8) is 0 Å². The van der Waals surface area contributed by atoms with E-state index >= 15 is 0 Å². The van der Waals surface area contributed by atoms with Crippen molar-refractivity contribution in [1.29, 1.82) is 0 Å². The van der Waals surface area contributed by atoms with Crippen LogP contribution in [0.25, 0.3) is 10.9 Å². The van der Waals surface area contributed by atoms with E-state index in [0.29, 0.717) is 23.3 Å². The first-order valence-corrected chi connectivity index (χ1v) is 11.1. The fraction of sp³-hybridized carbons (Fsp3) is 0.478. The molecular formula is C23H31N7O. The van der Waals surface area contributed by atoms with Crippen LogP contribution in [0.15, 0.2) is 35.3 Å². The summed E-state index contributed by atoms with van der Waals surface area (Å²) in [5.41, 5.74) is 8.43.